The summed E-state index contributed by atoms with van der Waals surface area (Å²) >= 11 is 0. The van der Waals surface area contributed by atoms with Crippen molar-refractivity contribution < 1.29 is 14.3 Å². The molecule has 0 saturated heterocycles. The lowest BCUT2D eigenvalue weighted by molar-refractivity contribution is -0.131. The van der Waals surface area contributed by atoms with E-state index in [9.17, 15) is 9.59 Å². The van der Waals surface area contributed by atoms with Crippen molar-refractivity contribution in [3.05, 3.63) is 30.0 Å². The van der Waals surface area contributed by atoms with Crippen molar-refractivity contribution in [2.75, 3.05) is 0 Å². The van der Waals surface area contributed by atoms with Gasteiger partial charge in [-0.2, -0.15) is 5.26 Å². The molecule has 1 aromatic heterocycles. The Bertz CT molecular complexity index is 692. The SMILES string of the molecule is CC(=O)Oc1cn(C(C)=O)c2cc(C#N)ccc12. The second-order valence-corrected chi connectivity index (χ2v) is 3.82. The van der Waals surface area contributed by atoms with E-state index in [1.54, 1.807) is 18.2 Å². The molecule has 0 spiro atoms. The molecule has 0 aliphatic heterocycles. The van der Waals surface area contributed by atoms with Gasteiger partial charge < -0.3 is 4.74 Å². The number of carbonyl (C=O) groups excluding carboxylic acids is 2. The van der Waals surface area contributed by atoms with Gasteiger partial charge in [-0.1, -0.05) is 0 Å². The maximum absolute atomic E-state index is 11.5. The van der Waals surface area contributed by atoms with E-state index in [1.165, 1.54) is 24.6 Å². The normalized spacial score (nSPS) is 10.1. The van der Waals surface area contributed by atoms with Crippen molar-refractivity contribution in [3.63, 3.8) is 0 Å². The average Bonchev–Trinajstić information content (AvgIpc) is 2.66. The summed E-state index contributed by atoms with van der Waals surface area (Å²) in [5, 5.41) is 9.47. The van der Waals surface area contributed by atoms with E-state index in [0.29, 0.717) is 22.2 Å². The van der Waals surface area contributed by atoms with Crippen LogP contribution in [0.1, 0.15) is 24.2 Å². The average molecular weight is 242 g/mol. The molecule has 2 rings (SSSR count). The van der Waals surface area contributed by atoms with Crippen LogP contribution in [-0.2, 0) is 4.79 Å². The van der Waals surface area contributed by atoms with Crippen LogP contribution >= 0.6 is 0 Å². The van der Waals surface area contributed by atoms with Crippen LogP contribution in [0.15, 0.2) is 24.4 Å². The number of ether oxygens (including phenoxy) is 1. The van der Waals surface area contributed by atoms with Crippen molar-refractivity contribution in [2.45, 2.75) is 13.8 Å². The van der Waals surface area contributed by atoms with E-state index in [1.807, 2.05) is 6.07 Å². The highest BCUT2D eigenvalue weighted by Gasteiger charge is 2.14. The number of esters is 1. The van der Waals surface area contributed by atoms with Crippen LogP contribution in [-0.4, -0.2) is 16.4 Å². The van der Waals surface area contributed by atoms with Gasteiger partial charge in [0.25, 0.3) is 0 Å². The van der Waals surface area contributed by atoms with Crippen LogP contribution in [0.3, 0.4) is 0 Å². The first-order valence-corrected chi connectivity index (χ1v) is 5.27. The van der Waals surface area contributed by atoms with Crippen molar-refractivity contribution in [2.24, 2.45) is 0 Å². The number of benzene rings is 1. The molecule has 0 bridgehead atoms. The number of carbonyl (C=O) groups is 2. The van der Waals surface area contributed by atoms with Crippen LogP contribution in [0.5, 0.6) is 5.75 Å². The number of hydrogen-bond acceptors (Lipinski definition) is 4. The zero-order chi connectivity index (χ0) is 13.3. The maximum atomic E-state index is 11.5. The Morgan fingerprint density at radius 3 is 2.61 bits per heavy atom. The number of nitriles is 1. The molecule has 2 aromatic rings. The first-order chi connectivity index (χ1) is 8.52. The topological polar surface area (TPSA) is 72.1 Å². The number of rotatable bonds is 1. The lowest BCUT2D eigenvalue weighted by Gasteiger charge is -1.98. The summed E-state index contributed by atoms with van der Waals surface area (Å²) < 4.78 is 6.39. The Morgan fingerprint density at radius 1 is 1.33 bits per heavy atom. The minimum absolute atomic E-state index is 0.214. The number of fused-ring (bicyclic) bond motifs is 1. The molecule has 0 atom stereocenters. The van der Waals surface area contributed by atoms with Gasteiger partial charge in [0.1, 0.15) is 0 Å². The van der Waals surface area contributed by atoms with Gasteiger partial charge in [-0.15, -0.1) is 0 Å². The van der Waals surface area contributed by atoms with Crippen LogP contribution in [0, 0.1) is 11.3 Å². The van der Waals surface area contributed by atoms with E-state index in [0.717, 1.165) is 0 Å². The molecule has 0 unspecified atom stereocenters. The van der Waals surface area contributed by atoms with E-state index >= 15 is 0 Å². The van der Waals surface area contributed by atoms with Gasteiger partial charge in [-0.25, -0.2) is 0 Å². The molecule has 0 aliphatic carbocycles. The molecule has 0 amide bonds. The molecule has 0 radical (unpaired) electrons. The third kappa shape index (κ3) is 1.96. The molecule has 0 saturated carbocycles. The minimum Gasteiger partial charge on any atom is -0.424 e. The fraction of sp³-hybridized carbons (Fsp3) is 0.154. The molecule has 18 heavy (non-hydrogen) atoms. The molecule has 5 nitrogen and oxygen atoms in total. The summed E-state index contributed by atoms with van der Waals surface area (Å²) in [6.07, 6.45) is 1.45. The highest BCUT2D eigenvalue weighted by atomic mass is 16.5. The Labute approximate surface area is 103 Å². The molecule has 0 aliphatic rings. The van der Waals surface area contributed by atoms with E-state index < -0.39 is 5.97 Å². The fourth-order valence-electron chi connectivity index (χ4n) is 1.76. The first kappa shape index (κ1) is 11.9. The minimum atomic E-state index is -0.457. The molecule has 90 valence electrons. The van der Waals surface area contributed by atoms with Gasteiger partial charge in [0.2, 0.25) is 5.91 Å². The van der Waals surface area contributed by atoms with Crippen molar-refractivity contribution in [1.29, 1.82) is 5.26 Å². The Kier molecular flexibility index (Phi) is 2.86. The standard InChI is InChI=1S/C13H10N2O3/c1-8(16)15-7-13(18-9(2)17)11-4-3-10(6-14)5-12(11)15/h3-5,7H,1-2H3. The predicted molar refractivity (Wildman–Crippen MR) is 64.3 cm³/mol. The van der Waals surface area contributed by atoms with Crippen LogP contribution in [0.25, 0.3) is 10.9 Å². The highest BCUT2D eigenvalue weighted by molar-refractivity contribution is 5.97. The predicted octanol–water partition coefficient (Wildman–Crippen LogP) is 2.10. The Balaban J connectivity index is 2.72. The summed E-state index contributed by atoms with van der Waals surface area (Å²) in [4.78, 5) is 22.5. The molecule has 1 heterocycles. The van der Waals surface area contributed by atoms with Gasteiger partial charge in [-0.05, 0) is 18.2 Å². The summed E-state index contributed by atoms with van der Waals surface area (Å²) in [5.41, 5.74) is 0.996. The highest BCUT2D eigenvalue weighted by Crippen LogP contribution is 2.29. The van der Waals surface area contributed by atoms with Crippen molar-refractivity contribution in [3.8, 4) is 11.8 Å². The van der Waals surface area contributed by atoms with Crippen molar-refractivity contribution in [1.82, 2.24) is 4.57 Å². The first-order valence-electron chi connectivity index (χ1n) is 5.27. The molecule has 0 fully saturated rings. The largest absolute Gasteiger partial charge is 0.424 e. The van der Waals surface area contributed by atoms with Gasteiger partial charge in [0, 0.05) is 19.2 Å². The number of aromatic nitrogens is 1. The van der Waals surface area contributed by atoms with Gasteiger partial charge >= 0.3 is 5.97 Å². The van der Waals surface area contributed by atoms with E-state index in [2.05, 4.69) is 0 Å². The Morgan fingerprint density at radius 2 is 2.06 bits per heavy atom. The zero-order valence-corrected chi connectivity index (χ0v) is 9.93. The molecular weight excluding hydrogens is 232 g/mol. The second-order valence-electron chi connectivity index (χ2n) is 3.82. The lowest BCUT2D eigenvalue weighted by atomic mass is 10.2. The number of nitrogens with zero attached hydrogens (tertiary/aromatic N) is 2. The van der Waals surface area contributed by atoms with Gasteiger partial charge in [-0.3, -0.25) is 14.2 Å². The summed E-state index contributed by atoms with van der Waals surface area (Å²) in [7, 11) is 0. The van der Waals surface area contributed by atoms with Crippen LogP contribution < -0.4 is 4.74 Å². The third-order valence-corrected chi connectivity index (χ3v) is 2.49. The maximum Gasteiger partial charge on any atom is 0.308 e. The number of hydrogen-bond donors (Lipinski definition) is 0. The quantitative estimate of drug-likeness (QED) is 0.718. The fourth-order valence-corrected chi connectivity index (χ4v) is 1.76. The van der Waals surface area contributed by atoms with Crippen LogP contribution in [0.4, 0.5) is 0 Å². The lowest BCUT2D eigenvalue weighted by Crippen LogP contribution is -2.04. The van der Waals surface area contributed by atoms with E-state index in [4.69, 9.17) is 10.00 Å². The van der Waals surface area contributed by atoms with Gasteiger partial charge in [0.15, 0.2) is 5.75 Å². The monoisotopic (exact) mass is 242 g/mol. The Hall–Kier alpha value is -2.61. The summed E-state index contributed by atoms with van der Waals surface area (Å²) in [6, 6.07) is 6.86. The molecule has 0 N–H and O–H groups in total. The smallest absolute Gasteiger partial charge is 0.308 e. The summed E-state index contributed by atoms with van der Waals surface area (Å²) in [6.45, 7) is 2.69. The molecule has 1 aromatic carbocycles. The summed E-state index contributed by atoms with van der Waals surface area (Å²) in [5.74, 6) is -0.354. The van der Waals surface area contributed by atoms with Gasteiger partial charge in [0.05, 0.1) is 23.3 Å². The van der Waals surface area contributed by atoms with Crippen molar-refractivity contribution >= 4 is 22.8 Å². The zero-order valence-electron chi connectivity index (χ0n) is 9.93. The third-order valence-electron chi connectivity index (χ3n) is 2.49. The van der Waals surface area contributed by atoms with Crippen LogP contribution in [0.2, 0.25) is 0 Å². The molecular formula is C13H10N2O3. The van der Waals surface area contributed by atoms with E-state index in [-0.39, 0.29) is 5.91 Å². The second kappa shape index (κ2) is 4.34. The molecule has 5 heteroatoms.